The fourth-order valence-corrected chi connectivity index (χ4v) is 4.23. The lowest BCUT2D eigenvalue weighted by atomic mass is 10.2. The van der Waals surface area contributed by atoms with Gasteiger partial charge < -0.3 is 4.90 Å². The first-order valence-corrected chi connectivity index (χ1v) is 9.46. The highest BCUT2D eigenvalue weighted by atomic mass is 15.4. The van der Waals surface area contributed by atoms with Crippen LogP contribution >= 0.6 is 0 Å². The second kappa shape index (κ2) is 8.09. The summed E-state index contributed by atoms with van der Waals surface area (Å²) in [6.45, 7) is 18.1. The maximum absolute atomic E-state index is 3.59. The van der Waals surface area contributed by atoms with Crippen LogP contribution in [0.2, 0.25) is 0 Å². The van der Waals surface area contributed by atoms with Crippen LogP contribution < -0.4 is 0 Å². The zero-order chi connectivity index (χ0) is 15.4. The zero-order valence-electron chi connectivity index (χ0n) is 14.6. The topological polar surface area (TPSA) is 13.0 Å². The minimum Gasteiger partial charge on any atom is -0.301 e. The van der Waals surface area contributed by atoms with Crippen molar-refractivity contribution in [1.29, 1.82) is 0 Å². The van der Waals surface area contributed by atoms with Crippen LogP contribution in [0.5, 0.6) is 0 Å². The van der Waals surface area contributed by atoms with Gasteiger partial charge >= 0.3 is 0 Å². The van der Waals surface area contributed by atoms with Gasteiger partial charge in [0.1, 0.15) is 6.67 Å². The van der Waals surface area contributed by atoms with E-state index in [0.717, 1.165) is 18.6 Å². The van der Waals surface area contributed by atoms with Crippen molar-refractivity contribution >= 4 is 0 Å². The molecular weight excluding hydrogens is 272 g/mol. The first-order valence-electron chi connectivity index (χ1n) is 9.46. The maximum Gasteiger partial charge on any atom is 0.146 e. The average Bonchev–Trinajstić information content (AvgIpc) is 3.21. The van der Waals surface area contributed by atoms with E-state index < -0.39 is 0 Å². The molecule has 0 aliphatic carbocycles. The number of nitrogens with zero attached hydrogens (tertiary/aromatic N) is 4. The number of likely N-dealkylation sites (tertiary alicyclic amines) is 2. The smallest absolute Gasteiger partial charge is 0.146 e. The molecule has 3 rings (SSSR count). The highest BCUT2D eigenvalue weighted by Gasteiger charge is 2.25. The molecule has 0 spiro atoms. The molecule has 126 valence electrons. The Morgan fingerprint density at radius 2 is 1.32 bits per heavy atom. The Kier molecular flexibility index (Phi) is 6.14. The van der Waals surface area contributed by atoms with Crippen LogP contribution in [-0.2, 0) is 0 Å². The van der Waals surface area contributed by atoms with E-state index in [-0.39, 0.29) is 0 Å². The van der Waals surface area contributed by atoms with Gasteiger partial charge in [-0.1, -0.05) is 0 Å². The Morgan fingerprint density at radius 3 is 1.91 bits per heavy atom. The van der Waals surface area contributed by atoms with Gasteiger partial charge in [0.25, 0.3) is 0 Å². The Labute approximate surface area is 137 Å². The van der Waals surface area contributed by atoms with Crippen molar-refractivity contribution in [2.24, 2.45) is 0 Å². The zero-order valence-corrected chi connectivity index (χ0v) is 14.6. The van der Waals surface area contributed by atoms with Gasteiger partial charge in [-0.25, -0.2) is 0 Å². The van der Waals surface area contributed by atoms with Crippen molar-refractivity contribution in [3.63, 3.8) is 0 Å². The van der Waals surface area contributed by atoms with Gasteiger partial charge in [0.2, 0.25) is 0 Å². The molecule has 3 aliphatic rings. The summed E-state index contributed by atoms with van der Waals surface area (Å²) in [5, 5.41) is 0. The van der Waals surface area contributed by atoms with Crippen molar-refractivity contribution in [2.75, 3.05) is 52.4 Å². The lowest BCUT2D eigenvalue weighted by Gasteiger charge is -2.24. The quantitative estimate of drug-likeness (QED) is 0.713. The summed E-state index contributed by atoms with van der Waals surface area (Å²) < 4.78 is 0. The molecule has 2 unspecified atom stereocenters. The summed E-state index contributed by atoms with van der Waals surface area (Å²) >= 11 is 0. The average molecular weight is 306 g/mol. The highest BCUT2D eigenvalue weighted by molar-refractivity contribution is 4.83. The molecule has 0 N–H and O–H groups in total. The minimum atomic E-state index is 0.793. The van der Waals surface area contributed by atoms with Gasteiger partial charge in [-0.05, 0) is 65.6 Å². The van der Waals surface area contributed by atoms with Crippen LogP contribution in [0, 0.1) is 6.67 Å². The number of rotatable bonds is 7. The standard InChI is InChI=1S/C18H34N4/c1-17-6-3-9-21(17)11-5-8-19-12-13-20(16-19)14-15-22-10-4-7-18(22)2/h17-18H,3-15H2,1-2H3. The summed E-state index contributed by atoms with van der Waals surface area (Å²) in [7, 11) is 0. The molecule has 3 aliphatic heterocycles. The van der Waals surface area contributed by atoms with Crippen LogP contribution in [0.25, 0.3) is 0 Å². The van der Waals surface area contributed by atoms with E-state index in [2.05, 4.69) is 40.1 Å². The summed E-state index contributed by atoms with van der Waals surface area (Å²) in [6.07, 6.45) is 6.84. The molecular formula is C18H34N4. The van der Waals surface area contributed by atoms with E-state index in [4.69, 9.17) is 0 Å². The second-order valence-electron chi connectivity index (χ2n) is 7.48. The van der Waals surface area contributed by atoms with Crippen molar-refractivity contribution in [3.8, 4) is 0 Å². The van der Waals surface area contributed by atoms with E-state index in [0.29, 0.717) is 0 Å². The molecule has 3 fully saturated rings. The van der Waals surface area contributed by atoms with Gasteiger partial charge in [0.05, 0.1) is 0 Å². The van der Waals surface area contributed by atoms with Crippen molar-refractivity contribution in [1.82, 2.24) is 19.6 Å². The molecule has 0 aromatic heterocycles. The summed E-state index contributed by atoms with van der Waals surface area (Å²) in [5.74, 6) is 0. The largest absolute Gasteiger partial charge is 0.301 e. The fraction of sp³-hybridized carbons (Fsp3) is 0.944. The number of hydrogen-bond donors (Lipinski definition) is 0. The maximum atomic E-state index is 3.59. The van der Waals surface area contributed by atoms with Gasteiger partial charge in [-0.15, -0.1) is 0 Å². The molecule has 4 heteroatoms. The van der Waals surface area contributed by atoms with Gasteiger partial charge in [-0.3, -0.25) is 14.7 Å². The highest BCUT2D eigenvalue weighted by Crippen LogP contribution is 2.18. The Hall–Kier alpha value is -0.160. The first-order chi connectivity index (χ1) is 10.7. The Balaban J connectivity index is 1.27. The lowest BCUT2D eigenvalue weighted by molar-refractivity contribution is 0.221. The summed E-state index contributed by atoms with van der Waals surface area (Å²) in [4.78, 5) is 10.1. The van der Waals surface area contributed by atoms with Crippen molar-refractivity contribution in [2.45, 2.75) is 58.0 Å². The first kappa shape index (κ1) is 16.7. The van der Waals surface area contributed by atoms with Crippen LogP contribution in [0.1, 0.15) is 46.0 Å². The van der Waals surface area contributed by atoms with Crippen LogP contribution in [0.4, 0.5) is 0 Å². The van der Waals surface area contributed by atoms with Gasteiger partial charge in [-0.2, -0.15) is 0 Å². The second-order valence-corrected chi connectivity index (χ2v) is 7.48. The van der Waals surface area contributed by atoms with Crippen molar-refractivity contribution in [3.05, 3.63) is 6.67 Å². The van der Waals surface area contributed by atoms with Crippen LogP contribution in [0.3, 0.4) is 0 Å². The summed E-state index contributed by atoms with van der Waals surface area (Å²) in [5.41, 5.74) is 0. The van der Waals surface area contributed by atoms with Gasteiger partial charge in [0.15, 0.2) is 0 Å². The monoisotopic (exact) mass is 306 g/mol. The predicted molar refractivity (Wildman–Crippen MR) is 91.5 cm³/mol. The molecule has 22 heavy (non-hydrogen) atoms. The molecule has 2 radical (unpaired) electrons. The molecule has 3 heterocycles. The van der Waals surface area contributed by atoms with Crippen LogP contribution in [0.15, 0.2) is 0 Å². The summed E-state index contributed by atoms with van der Waals surface area (Å²) in [6, 6.07) is 1.60. The lowest BCUT2D eigenvalue weighted by Crippen LogP contribution is -2.35. The molecule has 0 amide bonds. The van der Waals surface area contributed by atoms with E-state index in [9.17, 15) is 0 Å². The van der Waals surface area contributed by atoms with E-state index in [1.54, 1.807) is 0 Å². The third-order valence-corrected chi connectivity index (χ3v) is 5.83. The van der Waals surface area contributed by atoms with Gasteiger partial charge in [0, 0.05) is 44.8 Å². The Bertz CT molecular complexity index is 335. The normalized spacial score (nSPS) is 32.5. The molecule has 0 aromatic carbocycles. The SMILES string of the molecule is CC1CCCN1CCCN1[C]N(CCN2CCCC2C)CC1. The molecule has 0 saturated carbocycles. The van der Waals surface area contributed by atoms with Crippen LogP contribution in [-0.4, -0.2) is 84.0 Å². The predicted octanol–water partition coefficient (Wildman–Crippen LogP) is 1.96. The third kappa shape index (κ3) is 4.44. The number of hydrogen-bond acceptors (Lipinski definition) is 4. The molecule has 0 aromatic rings. The van der Waals surface area contributed by atoms with E-state index >= 15 is 0 Å². The van der Waals surface area contributed by atoms with Crippen molar-refractivity contribution < 1.29 is 0 Å². The fourth-order valence-electron chi connectivity index (χ4n) is 4.23. The van der Waals surface area contributed by atoms with E-state index in [1.807, 2.05) is 0 Å². The minimum absolute atomic E-state index is 0.793. The molecule has 4 nitrogen and oxygen atoms in total. The van der Waals surface area contributed by atoms with E-state index in [1.165, 1.54) is 77.9 Å². The molecule has 2 atom stereocenters. The molecule has 3 saturated heterocycles. The molecule has 0 bridgehead atoms. The Morgan fingerprint density at radius 1 is 0.727 bits per heavy atom. The third-order valence-electron chi connectivity index (χ3n) is 5.83.